The van der Waals surface area contributed by atoms with Gasteiger partial charge in [0, 0.05) is 25.2 Å². The standard InChI is InChI=1S/C24H30N2O3/c1-3-20(17-19-7-5-4-6-8-19)24(27)25-18-23(26-13-15-29-16-14-26)21-9-11-22(28-2)12-10-21/h4-12,17,23H,3,13-16,18H2,1-2H3,(H,25,27)/b20-17+. The quantitative estimate of drug-likeness (QED) is 0.694. The van der Waals surface area contributed by atoms with Gasteiger partial charge < -0.3 is 14.8 Å². The number of methoxy groups -OCH3 is 1. The number of morpholine rings is 1. The van der Waals surface area contributed by atoms with Crippen molar-refractivity contribution in [2.45, 2.75) is 19.4 Å². The first-order valence-electron chi connectivity index (χ1n) is 10.2. The highest BCUT2D eigenvalue weighted by atomic mass is 16.5. The summed E-state index contributed by atoms with van der Waals surface area (Å²) in [7, 11) is 1.67. The zero-order chi connectivity index (χ0) is 20.5. The van der Waals surface area contributed by atoms with E-state index in [2.05, 4.69) is 22.3 Å². The zero-order valence-electron chi connectivity index (χ0n) is 17.3. The molecule has 2 aromatic rings. The highest BCUT2D eigenvalue weighted by Gasteiger charge is 2.23. The molecule has 1 aliphatic heterocycles. The average molecular weight is 395 g/mol. The van der Waals surface area contributed by atoms with Crippen LogP contribution in [0.5, 0.6) is 5.75 Å². The lowest BCUT2D eigenvalue weighted by Crippen LogP contribution is -2.44. The Morgan fingerprint density at radius 3 is 2.45 bits per heavy atom. The number of carbonyl (C=O) groups excluding carboxylic acids is 1. The number of hydrogen-bond acceptors (Lipinski definition) is 4. The first-order valence-corrected chi connectivity index (χ1v) is 10.2. The van der Waals surface area contributed by atoms with Crippen LogP contribution in [0.2, 0.25) is 0 Å². The van der Waals surface area contributed by atoms with Crippen molar-refractivity contribution in [3.63, 3.8) is 0 Å². The predicted octanol–water partition coefficient (Wildman–Crippen LogP) is 3.68. The molecule has 1 saturated heterocycles. The maximum absolute atomic E-state index is 12.9. The monoisotopic (exact) mass is 394 g/mol. The SMILES string of the molecule is CC/C(=C\c1ccccc1)C(=O)NCC(c1ccc(OC)cc1)N1CCOCC1. The summed E-state index contributed by atoms with van der Waals surface area (Å²) in [5.74, 6) is 0.820. The van der Waals surface area contributed by atoms with E-state index in [1.165, 1.54) is 0 Å². The molecule has 29 heavy (non-hydrogen) atoms. The molecule has 0 radical (unpaired) electrons. The Hall–Kier alpha value is -2.63. The summed E-state index contributed by atoms with van der Waals surface area (Å²) in [5.41, 5.74) is 2.99. The minimum atomic E-state index is -0.0110. The average Bonchev–Trinajstić information content (AvgIpc) is 2.79. The number of ether oxygens (including phenoxy) is 2. The van der Waals surface area contributed by atoms with Gasteiger partial charge in [-0.05, 0) is 35.8 Å². The predicted molar refractivity (Wildman–Crippen MR) is 116 cm³/mol. The molecule has 0 spiro atoms. The molecule has 5 heteroatoms. The molecule has 1 N–H and O–H groups in total. The number of nitrogens with one attached hydrogen (secondary N) is 1. The number of benzene rings is 2. The summed E-state index contributed by atoms with van der Waals surface area (Å²) in [4.78, 5) is 15.2. The van der Waals surface area contributed by atoms with E-state index in [-0.39, 0.29) is 11.9 Å². The largest absolute Gasteiger partial charge is 0.497 e. The second-order valence-corrected chi connectivity index (χ2v) is 7.08. The van der Waals surface area contributed by atoms with Gasteiger partial charge in [-0.25, -0.2) is 0 Å². The lowest BCUT2D eigenvalue weighted by atomic mass is 10.0. The maximum atomic E-state index is 12.9. The Balaban J connectivity index is 1.72. The number of rotatable bonds is 8. The van der Waals surface area contributed by atoms with Gasteiger partial charge in [0.05, 0.1) is 26.4 Å². The summed E-state index contributed by atoms with van der Waals surface area (Å²) in [5, 5.41) is 3.16. The first-order chi connectivity index (χ1) is 14.2. The number of nitrogens with zero attached hydrogens (tertiary/aromatic N) is 1. The van der Waals surface area contributed by atoms with Crippen molar-refractivity contribution >= 4 is 12.0 Å². The zero-order valence-corrected chi connectivity index (χ0v) is 17.3. The van der Waals surface area contributed by atoms with Crippen LogP contribution >= 0.6 is 0 Å². The van der Waals surface area contributed by atoms with Gasteiger partial charge >= 0.3 is 0 Å². The minimum Gasteiger partial charge on any atom is -0.497 e. The minimum absolute atomic E-state index is 0.0110. The van der Waals surface area contributed by atoms with Crippen molar-refractivity contribution in [1.82, 2.24) is 10.2 Å². The Kier molecular flexibility index (Phi) is 7.85. The van der Waals surface area contributed by atoms with Crippen LogP contribution in [-0.4, -0.2) is 50.8 Å². The van der Waals surface area contributed by atoms with Crippen LogP contribution in [-0.2, 0) is 9.53 Å². The third-order valence-corrected chi connectivity index (χ3v) is 5.26. The molecule has 1 fully saturated rings. The van der Waals surface area contributed by atoms with Gasteiger partial charge in [-0.3, -0.25) is 9.69 Å². The van der Waals surface area contributed by atoms with Gasteiger partial charge in [0.25, 0.3) is 0 Å². The van der Waals surface area contributed by atoms with Gasteiger partial charge in [0.2, 0.25) is 5.91 Å². The van der Waals surface area contributed by atoms with Gasteiger partial charge in [0.1, 0.15) is 5.75 Å². The third-order valence-electron chi connectivity index (χ3n) is 5.26. The summed E-state index contributed by atoms with van der Waals surface area (Å²) < 4.78 is 10.8. The Morgan fingerprint density at radius 2 is 1.83 bits per heavy atom. The molecule has 2 aromatic carbocycles. The fourth-order valence-corrected chi connectivity index (χ4v) is 3.55. The van der Waals surface area contributed by atoms with Gasteiger partial charge in [0.15, 0.2) is 0 Å². The summed E-state index contributed by atoms with van der Waals surface area (Å²) >= 11 is 0. The van der Waals surface area contributed by atoms with Crippen LogP contribution in [0.15, 0.2) is 60.2 Å². The van der Waals surface area contributed by atoms with Crippen LogP contribution in [0.3, 0.4) is 0 Å². The number of carbonyl (C=O) groups is 1. The topological polar surface area (TPSA) is 50.8 Å². The fourth-order valence-electron chi connectivity index (χ4n) is 3.55. The molecule has 0 aliphatic carbocycles. The van der Waals surface area contributed by atoms with E-state index in [0.29, 0.717) is 26.2 Å². The third kappa shape index (κ3) is 5.92. The molecular weight excluding hydrogens is 364 g/mol. The lowest BCUT2D eigenvalue weighted by molar-refractivity contribution is -0.117. The molecule has 1 heterocycles. The van der Waals surface area contributed by atoms with Crippen LogP contribution in [0.4, 0.5) is 0 Å². The van der Waals surface area contributed by atoms with Crippen molar-refractivity contribution in [3.8, 4) is 5.75 Å². The van der Waals surface area contributed by atoms with E-state index >= 15 is 0 Å². The molecule has 0 saturated carbocycles. The highest BCUT2D eigenvalue weighted by molar-refractivity contribution is 5.97. The van der Waals surface area contributed by atoms with Crippen LogP contribution in [0.1, 0.15) is 30.5 Å². The maximum Gasteiger partial charge on any atom is 0.247 e. The van der Waals surface area contributed by atoms with Crippen LogP contribution < -0.4 is 10.1 Å². The number of hydrogen-bond donors (Lipinski definition) is 1. The molecule has 1 unspecified atom stereocenters. The van der Waals surface area contributed by atoms with Crippen molar-refractivity contribution in [2.75, 3.05) is 40.0 Å². The molecular formula is C24H30N2O3. The molecule has 1 atom stereocenters. The second kappa shape index (κ2) is 10.8. The van der Waals surface area contributed by atoms with Gasteiger partial charge in [-0.2, -0.15) is 0 Å². The Bertz CT molecular complexity index is 797. The number of amides is 1. The second-order valence-electron chi connectivity index (χ2n) is 7.08. The lowest BCUT2D eigenvalue weighted by Gasteiger charge is -2.35. The molecule has 154 valence electrons. The van der Waals surface area contributed by atoms with E-state index < -0.39 is 0 Å². The van der Waals surface area contributed by atoms with Gasteiger partial charge in [-0.15, -0.1) is 0 Å². The van der Waals surface area contributed by atoms with E-state index in [4.69, 9.17) is 9.47 Å². The van der Waals surface area contributed by atoms with E-state index in [1.54, 1.807) is 7.11 Å². The Labute approximate surface area is 173 Å². The van der Waals surface area contributed by atoms with Crippen molar-refractivity contribution in [1.29, 1.82) is 0 Å². The van der Waals surface area contributed by atoms with E-state index in [1.807, 2.05) is 55.5 Å². The highest BCUT2D eigenvalue weighted by Crippen LogP contribution is 2.24. The summed E-state index contributed by atoms with van der Waals surface area (Å²) in [6.07, 6.45) is 2.65. The molecule has 0 aromatic heterocycles. The smallest absolute Gasteiger partial charge is 0.247 e. The molecule has 3 rings (SSSR count). The van der Waals surface area contributed by atoms with Gasteiger partial charge in [-0.1, -0.05) is 49.4 Å². The molecule has 1 amide bonds. The van der Waals surface area contributed by atoms with Crippen molar-refractivity contribution in [2.24, 2.45) is 0 Å². The Morgan fingerprint density at radius 1 is 1.14 bits per heavy atom. The van der Waals surface area contributed by atoms with E-state index in [9.17, 15) is 4.79 Å². The molecule has 0 bridgehead atoms. The summed E-state index contributed by atoms with van der Waals surface area (Å²) in [6, 6.07) is 18.2. The van der Waals surface area contributed by atoms with Crippen LogP contribution in [0.25, 0.3) is 6.08 Å². The van der Waals surface area contributed by atoms with Crippen molar-refractivity contribution in [3.05, 3.63) is 71.3 Å². The van der Waals surface area contributed by atoms with Crippen molar-refractivity contribution < 1.29 is 14.3 Å². The molecule has 5 nitrogen and oxygen atoms in total. The first kappa shape index (κ1) is 21.1. The fraction of sp³-hybridized carbons (Fsp3) is 0.375. The molecule has 1 aliphatic rings. The van der Waals surface area contributed by atoms with E-state index in [0.717, 1.165) is 35.5 Å². The van der Waals surface area contributed by atoms with Crippen LogP contribution in [0, 0.1) is 0 Å². The summed E-state index contributed by atoms with van der Waals surface area (Å²) in [6.45, 7) is 5.71. The normalized spacial score (nSPS) is 16.3.